The molecule has 1 fully saturated rings. The van der Waals surface area contributed by atoms with Gasteiger partial charge >= 0.3 is 0 Å². The molecule has 5 rings (SSSR count). The number of rotatable bonds is 9. The predicted octanol–water partition coefficient (Wildman–Crippen LogP) is 5.94. The van der Waals surface area contributed by atoms with Crippen LogP contribution in [0.4, 0.5) is 4.39 Å². The molecule has 1 aromatic heterocycles. The Hall–Kier alpha value is -4.17. The first kappa shape index (κ1) is 25.5. The maximum atomic E-state index is 14.7. The average Bonchev–Trinajstić information content (AvgIpc) is 3.57. The van der Waals surface area contributed by atoms with Crippen molar-refractivity contribution >= 4 is 5.91 Å². The third kappa shape index (κ3) is 5.40. The van der Waals surface area contributed by atoms with E-state index in [4.69, 9.17) is 19.3 Å². The lowest BCUT2D eigenvalue weighted by Crippen LogP contribution is -2.37. The van der Waals surface area contributed by atoms with Crippen LogP contribution < -0.4 is 9.47 Å². The second kappa shape index (κ2) is 11.5. The molecule has 1 saturated heterocycles. The number of aryl methyl sites for hydroxylation is 1. The molecule has 196 valence electrons. The van der Waals surface area contributed by atoms with E-state index in [1.54, 1.807) is 28.8 Å². The second-order valence-corrected chi connectivity index (χ2v) is 9.17. The monoisotopic (exact) mass is 515 g/mol. The van der Waals surface area contributed by atoms with Crippen molar-refractivity contribution in [2.75, 3.05) is 20.3 Å². The first-order chi connectivity index (χ1) is 18.5. The summed E-state index contributed by atoms with van der Waals surface area (Å²) >= 11 is 0. The maximum Gasteiger partial charge on any atom is 0.257 e. The van der Waals surface area contributed by atoms with Gasteiger partial charge in [0.25, 0.3) is 5.91 Å². The number of carbonyl (C=O) groups excluding carboxylic acids is 1. The number of nitrogens with zero attached hydrogens (tertiary/aromatic N) is 3. The number of amides is 1. The maximum absolute atomic E-state index is 14.7. The molecule has 1 atom stereocenters. The van der Waals surface area contributed by atoms with E-state index in [1.165, 1.54) is 12.1 Å². The van der Waals surface area contributed by atoms with E-state index in [0.717, 1.165) is 18.5 Å². The van der Waals surface area contributed by atoms with Crippen molar-refractivity contribution in [2.45, 2.75) is 32.4 Å². The predicted molar refractivity (Wildman–Crippen MR) is 141 cm³/mol. The molecule has 0 saturated carbocycles. The summed E-state index contributed by atoms with van der Waals surface area (Å²) in [4.78, 5) is 15.3. The Kier molecular flexibility index (Phi) is 7.70. The van der Waals surface area contributed by atoms with E-state index in [9.17, 15) is 9.18 Å². The van der Waals surface area contributed by atoms with Crippen molar-refractivity contribution in [3.05, 3.63) is 102 Å². The molecule has 0 aliphatic carbocycles. The molecule has 0 N–H and O–H groups in total. The zero-order valence-corrected chi connectivity index (χ0v) is 21.5. The third-order valence-electron chi connectivity index (χ3n) is 6.60. The van der Waals surface area contributed by atoms with Crippen LogP contribution in [-0.4, -0.2) is 47.0 Å². The van der Waals surface area contributed by atoms with Crippen molar-refractivity contribution < 1.29 is 23.4 Å². The van der Waals surface area contributed by atoms with E-state index in [0.29, 0.717) is 41.8 Å². The zero-order valence-electron chi connectivity index (χ0n) is 21.5. The van der Waals surface area contributed by atoms with Crippen LogP contribution in [0, 0.1) is 12.7 Å². The van der Waals surface area contributed by atoms with Crippen LogP contribution in [0.25, 0.3) is 5.69 Å². The van der Waals surface area contributed by atoms with Gasteiger partial charge in [-0.05, 0) is 56.2 Å². The van der Waals surface area contributed by atoms with Gasteiger partial charge in [-0.3, -0.25) is 4.79 Å². The minimum absolute atomic E-state index is 0.0193. The Morgan fingerprint density at radius 1 is 1.05 bits per heavy atom. The molecule has 1 amide bonds. The lowest BCUT2D eigenvalue weighted by Gasteiger charge is -2.26. The first-order valence-electron chi connectivity index (χ1n) is 12.7. The highest BCUT2D eigenvalue weighted by Gasteiger charge is 2.29. The van der Waals surface area contributed by atoms with Crippen LogP contribution in [-0.2, 0) is 11.3 Å². The van der Waals surface area contributed by atoms with Crippen LogP contribution in [0.2, 0.25) is 0 Å². The Balaban J connectivity index is 1.57. The van der Waals surface area contributed by atoms with Crippen molar-refractivity contribution in [2.24, 2.45) is 0 Å². The number of hydrogen-bond acceptors (Lipinski definition) is 5. The number of methoxy groups -OCH3 is 1. The number of aromatic nitrogens is 2. The number of carbonyl (C=O) groups is 1. The first-order valence-corrected chi connectivity index (χ1v) is 12.7. The SMILES string of the molecule is COc1ccccc1Oc1c(CN(C[C@H]2CCCO2)C(=O)c2ccccc2F)c(C)nn1-c1ccccc1. The molecular formula is C30H30FN3O4. The van der Waals surface area contributed by atoms with E-state index < -0.39 is 11.7 Å². The molecule has 1 aliphatic rings. The standard InChI is InChI=1S/C30H30FN3O4/c1-21-25(20-33(19-23-13-10-18-37-23)29(35)24-14-6-7-15-26(24)31)30(34(32-21)22-11-4-3-5-12-22)38-28-17-9-8-16-27(28)36-2/h3-9,11-12,14-17,23H,10,13,18-20H2,1-2H3/t23-/m1/s1. The topological polar surface area (TPSA) is 65.8 Å². The number of ether oxygens (including phenoxy) is 3. The van der Waals surface area contributed by atoms with Crippen LogP contribution in [0.1, 0.15) is 34.5 Å². The van der Waals surface area contributed by atoms with Crippen LogP contribution in [0.15, 0.2) is 78.9 Å². The van der Waals surface area contributed by atoms with E-state index in [2.05, 4.69) is 0 Å². The van der Waals surface area contributed by atoms with Gasteiger partial charge in [0.15, 0.2) is 11.5 Å². The second-order valence-electron chi connectivity index (χ2n) is 9.17. The highest BCUT2D eigenvalue weighted by atomic mass is 19.1. The number of hydrogen-bond donors (Lipinski definition) is 0. The summed E-state index contributed by atoms with van der Waals surface area (Å²) in [5, 5.41) is 4.77. The minimum Gasteiger partial charge on any atom is -0.493 e. The van der Waals surface area contributed by atoms with Gasteiger partial charge in [0.05, 0.1) is 42.3 Å². The van der Waals surface area contributed by atoms with Crippen LogP contribution in [0.3, 0.4) is 0 Å². The molecule has 7 nitrogen and oxygen atoms in total. The van der Waals surface area contributed by atoms with E-state index >= 15 is 0 Å². The minimum atomic E-state index is -0.558. The molecule has 1 aliphatic heterocycles. The molecule has 0 radical (unpaired) electrons. The average molecular weight is 516 g/mol. The molecular weight excluding hydrogens is 485 g/mol. The molecule has 8 heteroatoms. The van der Waals surface area contributed by atoms with Crippen LogP contribution in [0.5, 0.6) is 17.4 Å². The molecule has 0 unspecified atom stereocenters. The summed E-state index contributed by atoms with van der Waals surface area (Å²) in [6.07, 6.45) is 1.65. The van der Waals surface area contributed by atoms with Gasteiger partial charge in [-0.1, -0.05) is 42.5 Å². The fourth-order valence-electron chi connectivity index (χ4n) is 4.63. The van der Waals surface area contributed by atoms with Gasteiger partial charge in [0, 0.05) is 13.2 Å². The summed E-state index contributed by atoms with van der Waals surface area (Å²) in [5.74, 6) is 0.567. The van der Waals surface area contributed by atoms with Gasteiger partial charge in [-0.2, -0.15) is 5.10 Å². The summed E-state index contributed by atoms with van der Waals surface area (Å²) < 4.78 is 34.2. The Morgan fingerprint density at radius 3 is 2.47 bits per heavy atom. The molecule has 38 heavy (non-hydrogen) atoms. The Labute approximate surface area is 221 Å². The molecule has 0 spiro atoms. The summed E-state index contributed by atoms with van der Waals surface area (Å²) in [5.41, 5.74) is 2.23. The van der Waals surface area contributed by atoms with Crippen molar-refractivity contribution in [3.8, 4) is 23.1 Å². The fraction of sp³-hybridized carbons (Fsp3) is 0.267. The van der Waals surface area contributed by atoms with Crippen molar-refractivity contribution in [1.82, 2.24) is 14.7 Å². The van der Waals surface area contributed by atoms with Gasteiger partial charge in [-0.25, -0.2) is 9.07 Å². The van der Waals surface area contributed by atoms with Crippen molar-refractivity contribution in [3.63, 3.8) is 0 Å². The Bertz CT molecular complexity index is 1400. The lowest BCUT2D eigenvalue weighted by atomic mass is 10.1. The number of benzene rings is 3. The molecule has 4 aromatic rings. The smallest absolute Gasteiger partial charge is 0.257 e. The van der Waals surface area contributed by atoms with Crippen molar-refractivity contribution in [1.29, 1.82) is 0 Å². The van der Waals surface area contributed by atoms with E-state index in [1.807, 2.05) is 61.5 Å². The third-order valence-corrected chi connectivity index (χ3v) is 6.60. The van der Waals surface area contributed by atoms with Gasteiger partial charge in [0.2, 0.25) is 5.88 Å². The van der Waals surface area contributed by atoms with Gasteiger partial charge in [-0.15, -0.1) is 0 Å². The Morgan fingerprint density at radius 2 is 1.76 bits per heavy atom. The summed E-state index contributed by atoms with van der Waals surface area (Å²) in [6.45, 7) is 3.02. The quantitative estimate of drug-likeness (QED) is 0.276. The van der Waals surface area contributed by atoms with Crippen LogP contribution >= 0.6 is 0 Å². The molecule has 0 bridgehead atoms. The lowest BCUT2D eigenvalue weighted by molar-refractivity contribution is 0.0502. The summed E-state index contributed by atoms with van der Waals surface area (Å²) in [7, 11) is 1.58. The largest absolute Gasteiger partial charge is 0.493 e. The van der Waals surface area contributed by atoms with Gasteiger partial charge < -0.3 is 19.1 Å². The summed E-state index contributed by atoms with van der Waals surface area (Å²) in [6, 6.07) is 23.0. The van der Waals surface area contributed by atoms with E-state index in [-0.39, 0.29) is 18.2 Å². The zero-order chi connectivity index (χ0) is 26.5. The number of para-hydroxylation sites is 3. The van der Waals surface area contributed by atoms with Gasteiger partial charge in [0.1, 0.15) is 5.82 Å². The highest BCUT2D eigenvalue weighted by molar-refractivity contribution is 5.94. The fourth-order valence-corrected chi connectivity index (χ4v) is 4.63. The normalized spacial score (nSPS) is 14.9. The molecule has 2 heterocycles. The number of halogens is 1. The highest BCUT2D eigenvalue weighted by Crippen LogP contribution is 2.36. The molecule has 3 aromatic carbocycles.